The van der Waals surface area contributed by atoms with Crippen molar-refractivity contribution in [2.75, 3.05) is 5.32 Å². The lowest BCUT2D eigenvalue weighted by molar-refractivity contribution is -0.384. The Labute approximate surface area is 148 Å². The number of carbonyl (C=O) groups is 1. The first-order valence-corrected chi connectivity index (χ1v) is 7.44. The zero-order chi connectivity index (χ0) is 18.2. The van der Waals surface area contributed by atoms with Gasteiger partial charge < -0.3 is 5.32 Å². The van der Waals surface area contributed by atoms with Crippen molar-refractivity contribution in [2.45, 2.75) is 0 Å². The Balaban J connectivity index is 1.94. The van der Waals surface area contributed by atoms with Gasteiger partial charge in [-0.2, -0.15) is 5.26 Å². The molecule has 0 saturated heterocycles. The quantitative estimate of drug-likeness (QED) is 0.379. The molecule has 7 nitrogen and oxygen atoms in total. The summed E-state index contributed by atoms with van der Waals surface area (Å²) in [7, 11) is 0. The van der Waals surface area contributed by atoms with Crippen LogP contribution in [0.5, 0.6) is 0 Å². The number of nitro benzene ring substituents is 1. The van der Waals surface area contributed by atoms with Crippen molar-refractivity contribution in [3.8, 4) is 6.07 Å². The summed E-state index contributed by atoms with van der Waals surface area (Å²) in [5, 5.41) is 24.9. The summed E-state index contributed by atoms with van der Waals surface area (Å²) in [4.78, 5) is 21.9. The summed E-state index contributed by atoms with van der Waals surface area (Å²) in [6, 6.07) is 14.5. The first-order chi connectivity index (χ1) is 12.0. The Kier molecular flexibility index (Phi) is 5.92. The lowest BCUT2D eigenvalue weighted by Crippen LogP contribution is -2.33. The molecule has 0 aliphatic heterocycles. The molecule has 0 aliphatic rings. The average molecular weight is 352 g/mol. The van der Waals surface area contributed by atoms with E-state index in [1.807, 2.05) is 6.07 Å². The maximum absolute atomic E-state index is 11.8. The standard InChI is InChI=1S/C17H12N4O3S/c18-11-13-3-1-2-4-15(13)19-17(25)20-16(22)10-7-12-5-8-14(9-6-12)21(23)24/h1-10H,(H2,19,20,22,25)/b10-7+. The summed E-state index contributed by atoms with van der Waals surface area (Å²) in [6.45, 7) is 0. The van der Waals surface area contributed by atoms with Crippen LogP contribution in [-0.4, -0.2) is 15.9 Å². The van der Waals surface area contributed by atoms with Crippen LogP contribution in [0.1, 0.15) is 11.1 Å². The number of nitriles is 1. The number of benzene rings is 2. The molecule has 0 aliphatic carbocycles. The van der Waals surface area contributed by atoms with Gasteiger partial charge in [0.15, 0.2) is 5.11 Å². The zero-order valence-electron chi connectivity index (χ0n) is 12.8. The monoisotopic (exact) mass is 352 g/mol. The third kappa shape index (κ3) is 5.23. The molecule has 2 aromatic rings. The highest BCUT2D eigenvalue weighted by Gasteiger charge is 2.06. The topological polar surface area (TPSA) is 108 Å². The van der Waals surface area contributed by atoms with Crippen LogP contribution in [0.3, 0.4) is 0 Å². The van der Waals surface area contributed by atoms with Gasteiger partial charge in [-0.05, 0) is 48.1 Å². The predicted molar refractivity (Wildman–Crippen MR) is 97.7 cm³/mol. The van der Waals surface area contributed by atoms with E-state index in [1.54, 1.807) is 24.3 Å². The van der Waals surface area contributed by atoms with E-state index in [2.05, 4.69) is 10.6 Å². The van der Waals surface area contributed by atoms with Gasteiger partial charge >= 0.3 is 0 Å². The summed E-state index contributed by atoms with van der Waals surface area (Å²) in [6.07, 6.45) is 2.76. The number of hydrogen-bond acceptors (Lipinski definition) is 5. The summed E-state index contributed by atoms with van der Waals surface area (Å²) < 4.78 is 0. The zero-order valence-corrected chi connectivity index (χ0v) is 13.6. The Morgan fingerprint density at radius 1 is 1.20 bits per heavy atom. The molecule has 1 amide bonds. The number of nitrogens with zero attached hydrogens (tertiary/aromatic N) is 2. The fraction of sp³-hybridized carbons (Fsp3) is 0. The highest BCUT2D eigenvalue weighted by Crippen LogP contribution is 2.14. The van der Waals surface area contributed by atoms with E-state index in [9.17, 15) is 14.9 Å². The van der Waals surface area contributed by atoms with Gasteiger partial charge in [0, 0.05) is 18.2 Å². The smallest absolute Gasteiger partial charge is 0.269 e. The molecule has 0 saturated carbocycles. The Bertz CT molecular complexity index is 886. The van der Waals surface area contributed by atoms with Gasteiger partial charge in [0.2, 0.25) is 5.91 Å². The maximum atomic E-state index is 11.8. The van der Waals surface area contributed by atoms with E-state index in [0.29, 0.717) is 16.8 Å². The van der Waals surface area contributed by atoms with Gasteiger partial charge in [-0.3, -0.25) is 20.2 Å². The molecular weight excluding hydrogens is 340 g/mol. The molecule has 0 bridgehead atoms. The third-order valence-electron chi connectivity index (χ3n) is 3.06. The fourth-order valence-electron chi connectivity index (χ4n) is 1.88. The van der Waals surface area contributed by atoms with Gasteiger partial charge in [-0.25, -0.2) is 0 Å². The Morgan fingerprint density at radius 3 is 2.52 bits per heavy atom. The minimum Gasteiger partial charge on any atom is -0.331 e. The minimum atomic E-state index is -0.497. The van der Waals surface area contributed by atoms with Gasteiger partial charge in [-0.15, -0.1) is 0 Å². The largest absolute Gasteiger partial charge is 0.331 e. The molecule has 0 fully saturated rings. The van der Waals surface area contributed by atoms with Crippen molar-refractivity contribution >= 4 is 40.7 Å². The molecule has 0 aromatic heterocycles. The van der Waals surface area contributed by atoms with Gasteiger partial charge in [0.1, 0.15) is 6.07 Å². The van der Waals surface area contributed by atoms with Crippen LogP contribution in [0.4, 0.5) is 11.4 Å². The molecular formula is C17H12N4O3S. The van der Waals surface area contributed by atoms with Gasteiger partial charge in [0.25, 0.3) is 5.69 Å². The van der Waals surface area contributed by atoms with E-state index < -0.39 is 10.8 Å². The highest BCUT2D eigenvalue weighted by atomic mass is 32.1. The second-order valence-electron chi connectivity index (χ2n) is 4.78. The molecule has 0 spiro atoms. The number of para-hydroxylation sites is 1. The second-order valence-corrected chi connectivity index (χ2v) is 5.19. The van der Waals surface area contributed by atoms with Crippen LogP contribution < -0.4 is 10.6 Å². The van der Waals surface area contributed by atoms with E-state index in [-0.39, 0.29) is 10.8 Å². The number of non-ortho nitro benzene ring substituents is 1. The van der Waals surface area contributed by atoms with Crippen molar-refractivity contribution in [2.24, 2.45) is 0 Å². The molecule has 0 radical (unpaired) electrons. The summed E-state index contributed by atoms with van der Waals surface area (Å²) in [5.74, 6) is -0.467. The fourth-order valence-corrected chi connectivity index (χ4v) is 2.09. The second kappa shape index (κ2) is 8.33. The molecule has 2 N–H and O–H groups in total. The van der Waals surface area contributed by atoms with Gasteiger partial charge in [-0.1, -0.05) is 12.1 Å². The Hall–Kier alpha value is -3.57. The number of nitro groups is 1. The molecule has 2 aromatic carbocycles. The van der Waals surface area contributed by atoms with Crippen molar-refractivity contribution in [3.63, 3.8) is 0 Å². The number of hydrogen-bond donors (Lipinski definition) is 2. The molecule has 8 heteroatoms. The highest BCUT2D eigenvalue weighted by molar-refractivity contribution is 7.80. The molecule has 25 heavy (non-hydrogen) atoms. The molecule has 0 atom stereocenters. The molecule has 0 unspecified atom stereocenters. The number of anilines is 1. The summed E-state index contributed by atoms with van der Waals surface area (Å²) in [5.41, 5.74) is 1.51. The van der Waals surface area contributed by atoms with Crippen LogP contribution in [0, 0.1) is 21.4 Å². The van der Waals surface area contributed by atoms with Crippen molar-refractivity contribution < 1.29 is 9.72 Å². The maximum Gasteiger partial charge on any atom is 0.269 e. The van der Waals surface area contributed by atoms with E-state index >= 15 is 0 Å². The van der Waals surface area contributed by atoms with Gasteiger partial charge in [0.05, 0.1) is 16.2 Å². The van der Waals surface area contributed by atoms with Crippen LogP contribution in [0.2, 0.25) is 0 Å². The van der Waals surface area contributed by atoms with Crippen molar-refractivity contribution in [1.82, 2.24) is 5.32 Å². The molecule has 2 rings (SSSR count). The number of nitrogens with one attached hydrogen (secondary N) is 2. The number of rotatable bonds is 4. The summed E-state index contributed by atoms with van der Waals surface area (Å²) >= 11 is 5.04. The molecule has 0 heterocycles. The SMILES string of the molecule is N#Cc1ccccc1NC(=S)NC(=O)/C=C/c1ccc([N+](=O)[O-])cc1. The lowest BCUT2D eigenvalue weighted by Gasteiger charge is -2.09. The van der Waals surface area contributed by atoms with E-state index in [4.69, 9.17) is 17.5 Å². The third-order valence-corrected chi connectivity index (χ3v) is 3.27. The van der Waals surface area contributed by atoms with E-state index in [1.165, 1.54) is 36.4 Å². The van der Waals surface area contributed by atoms with Crippen LogP contribution >= 0.6 is 12.2 Å². The first-order valence-electron chi connectivity index (χ1n) is 7.03. The normalized spacial score (nSPS) is 10.0. The number of thiocarbonyl (C=S) groups is 1. The van der Waals surface area contributed by atoms with E-state index in [0.717, 1.165) is 0 Å². The lowest BCUT2D eigenvalue weighted by atomic mass is 10.2. The number of amides is 1. The minimum absolute atomic E-state index is 0.0249. The Morgan fingerprint density at radius 2 is 1.88 bits per heavy atom. The number of carbonyl (C=O) groups excluding carboxylic acids is 1. The average Bonchev–Trinajstić information content (AvgIpc) is 2.60. The van der Waals surface area contributed by atoms with Crippen molar-refractivity contribution in [3.05, 3.63) is 75.8 Å². The molecule has 124 valence electrons. The van der Waals surface area contributed by atoms with Crippen LogP contribution in [0.25, 0.3) is 6.08 Å². The van der Waals surface area contributed by atoms with Crippen LogP contribution in [-0.2, 0) is 4.79 Å². The van der Waals surface area contributed by atoms with Crippen molar-refractivity contribution in [1.29, 1.82) is 5.26 Å². The predicted octanol–water partition coefficient (Wildman–Crippen LogP) is 2.99. The van der Waals surface area contributed by atoms with Crippen LogP contribution in [0.15, 0.2) is 54.6 Å². The first kappa shape index (κ1) is 17.8.